The molecule has 0 saturated heterocycles. The Morgan fingerprint density at radius 1 is 1.28 bits per heavy atom. The summed E-state index contributed by atoms with van der Waals surface area (Å²) in [5.74, 6) is 0.194. The predicted octanol–water partition coefficient (Wildman–Crippen LogP) is 2.75. The minimum absolute atomic E-state index is 0.0338. The number of alkyl carbamates (subject to hydrolysis) is 1. The monoisotopic (exact) mass is 405 g/mol. The van der Waals surface area contributed by atoms with Crippen molar-refractivity contribution in [1.82, 2.24) is 5.32 Å². The summed E-state index contributed by atoms with van der Waals surface area (Å²) in [7, 11) is 2.83. The van der Waals surface area contributed by atoms with Crippen LogP contribution in [0.4, 0.5) is 4.79 Å². The molecule has 0 radical (unpaired) electrons. The van der Waals surface area contributed by atoms with Crippen LogP contribution in [-0.4, -0.2) is 44.2 Å². The summed E-state index contributed by atoms with van der Waals surface area (Å²) in [6, 6.07) is 5.03. The van der Waals surface area contributed by atoms with Gasteiger partial charge in [0.05, 0.1) is 26.1 Å². The van der Waals surface area contributed by atoms with E-state index in [0.717, 1.165) is 18.4 Å². The van der Waals surface area contributed by atoms with Gasteiger partial charge in [-0.25, -0.2) is 9.59 Å². The van der Waals surface area contributed by atoms with Gasteiger partial charge in [0, 0.05) is 18.4 Å². The lowest BCUT2D eigenvalue weighted by Gasteiger charge is -2.34. The topological polar surface area (TPSA) is 103 Å². The Morgan fingerprint density at radius 2 is 2.07 bits per heavy atom. The molecule has 4 unspecified atom stereocenters. The lowest BCUT2D eigenvalue weighted by Crippen LogP contribution is -2.41. The fraction of sp³-hybridized carbons (Fsp3) is 0.524. The first kappa shape index (κ1) is 20.8. The molecule has 1 aromatic carbocycles. The van der Waals surface area contributed by atoms with Crippen molar-refractivity contribution >= 4 is 12.1 Å². The van der Waals surface area contributed by atoms with E-state index in [9.17, 15) is 14.7 Å². The first-order valence-electron chi connectivity index (χ1n) is 9.68. The van der Waals surface area contributed by atoms with Crippen LogP contribution in [0.5, 0.6) is 11.5 Å². The quantitative estimate of drug-likeness (QED) is 0.702. The van der Waals surface area contributed by atoms with Crippen LogP contribution >= 0.6 is 0 Å². The molecule has 0 aromatic heterocycles. The molecule has 158 valence electrons. The first-order valence-corrected chi connectivity index (χ1v) is 9.68. The lowest BCUT2D eigenvalue weighted by molar-refractivity contribution is -0.145. The molecule has 8 nitrogen and oxygen atoms in total. The first-order chi connectivity index (χ1) is 13.9. The van der Waals surface area contributed by atoms with Crippen LogP contribution in [0.15, 0.2) is 30.0 Å². The van der Waals surface area contributed by atoms with E-state index in [4.69, 9.17) is 18.9 Å². The van der Waals surface area contributed by atoms with Gasteiger partial charge in [0.25, 0.3) is 0 Å². The summed E-state index contributed by atoms with van der Waals surface area (Å²) < 4.78 is 21.0. The summed E-state index contributed by atoms with van der Waals surface area (Å²) in [6.45, 7) is 2.42. The van der Waals surface area contributed by atoms with Gasteiger partial charge in [-0.05, 0) is 42.9 Å². The van der Waals surface area contributed by atoms with E-state index < -0.39 is 18.4 Å². The summed E-state index contributed by atoms with van der Waals surface area (Å²) in [4.78, 5) is 24.2. The number of rotatable bonds is 6. The molecule has 1 amide bonds. The minimum Gasteiger partial charge on any atom is -0.504 e. The van der Waals surface area contributed by atoms with Crippen molar-refractivity contribution in [3.63, 3.8) is 0 Å². The molecule has 29 heavy (non-hydrogen) atoms. The van der Waals surface area contributed by atoms with Crippen LogP contribution in [0.3, 0.4) is 0 Å². The summed E-state index contributed by atoms with van der Waals surface area (Å²) >= 11 is 0. The normalized spacial score (nSPS) is 25.3. The number of aromatic hydroxyl groups is 1. The number of amides is 1. The maximum Gasteiger partial charge on any atom is 0.410 e. The van der Waals surface area contributed by atoms with E-state index in [1.54, 1.807) is 18.2 Å². The van der Waals surface area contributed by atoms with E-state index >= 15 is 0 Å². The Hall–Kier alpha value is -2.90. The molecule has 8 heteroatoms. The Kier molecular flexibility index (Phi) is 6.51. The van der Waals surface area contributed by atoms with Gasteiger partial charge < -0.3 is 29.4 Å². The van der Waals surface area contributed by atoms with Crippen molar-refractivity contribution in [3.8, 4) is 11.5 Å². The fourth-order valence-electron chi connectivity index (χ4n) is 4.12. The number of phenolic OH excluding ortho intramolecular Hbond substituents is 1. The molecule has 1 aliphatic carbocycles. The maximum absolute atomic E-state index is 12.3. The number of hydrogen-bond donors (Lipinski definition) is 2. The van der Waals surface area contributed by atoms with Crippen molar-refractivity contribution in [2.24, 2.45) is 17.8 Å². The minimum atomic E-state index is -0.736. The van der Waals surface area contributed by atoms with Crippen molar-refractivity contribution in [3.05, 3.63) is 35.6 Å². The second kappa shape index (κ2) is 9.07. The molecule has 0 bridgehead atoms. The Morgan fingerprint density at radius 3 is 2.79 bits per heavy atom. The summed E-state index contributed by atoms with van der Waals surface area (Å²) in [5, 5.41) is 12.3. The number of hydrogen-bond acceptors (Lipinski definition) is 7. The molecule has 1 fully saturated rings. The third-order valence-electron chi connectivity index (χ3n) is 5.67. The van der Waals surface area contributed by atoms with Gasteiger partial charge in [-0.15, -0.1) is 0 Å². The largest absolute Gasteiger partial charge is 0.504 e. The van der Waals surface area contributed by atoms with E-state index in [1.165, 1.54) is 20.5 Å². The Balaban J connectivity index is 1.55. The standard InChI is InChI=1S/C21H27NO7/c1-12-4-6-14-15(19(24)27-3)11-28-20(18(12)14)29-21(25)22-9-8-13-5-7-16(23)17(10-13)26-2/h5,7,10-12,14,18,20,23H,4,6,8-9H2,1-3H3,(H,22,25). The molecular formula is C21H27NO7. The molecular weight excluding hydrogens is 378 g/mol. The number of phenols is 1. The van der Waals surface area contributed by atoms with Crippen LogP contribution in [0, 0.1) is 17.8 Å². The third-order valence-corrected chi connectivity index (χ3v) is 5.67. The molecule has 1 aromatic rings. The van der Waals surface area contributed by atoms with Gasteiger partial charge in [0.15, 0.2) is 11.5 Å². The van der Waals surface area contributed by atoms with E-state index in [0.29, 0.717) is 24.3 Å². The van der Waals surface area contributed by atoms with Gasteiger partial charge in [-0.3, -0.25) is 0 Å². The zero-order chi connectivity index (χ0) is 21.0. The molecule has 1 saturated carbocycles. The van der Waals surface area contributed by atoms with Crippen LogP contribution in [0.2, 0.25) is 0 Å². The van der Waals surface area contributed by atoms with Crippen LogP contribution < -0.4 is 10.1 Å². The Bertz CT molecular complexity index is 791. The summed E-state index contributed by atoms with van der Waals surface area (Å²) in [5.41, 5.74) is 1.41. The zero-order valence-electron chi connectivity index (χ0n) is 16.8. The van der Waals surface area contributed by atoms with Gasteiger partial charge in [-0.2, -0.15) is 0 Å². The van der Waals surface area contributed by atoms with Crippen LogP contribution in [0.25, 0.3) is 0 Å². The highest BCUT2D eigenvalue weighted by molar-refractivity contribution is 5.89. The number of ether oxygens (including phenoxy) is 4. The highest BCUT2D eigenvalue weighted by Crippen LogP contribution is 2.46. The molecule has 1 aliphatic heterocycles. The van der Waals surface area contributed by atoms with Crippen molar-refractivity contribution < 1.29 is 33.6 Å². The van der Waals surface area contributed by atoms with Crippen molar-refractivity contribution in [2.45, 2.75) is 32.5 Å². The van der Waals surface area contributed by atoms with Gasteiger partial charge in [-0.1, -0.05) is 13.0 Å². The zero-order valence-corrected chi connectivity index (χ0v) is 16.8. The second-order valence-electron chi connectivity index (χ2n) is 7.40. The fourth-order valence-corrected chi connectivity index (χ4v) is 4.12. The highest BCUT2D eigenvalue weighted by Gasteiger charge is 2.48. The Labute approximate surface area is 169 Å². The van der Waals surface area contributed by atoms with Crippen LogP contribution in [0.1, 0.15) is 25.3 Å². The summed E-state index contributed by atoms with van der Waals surface area (Å²) in [6.07, 6.45) is 2.36. The molecule has 1 heterocycles. The van der Waals surface area contributed by atoms with Gasteiger partial charge in [0.1, 0.15) is 0 Å². The average molecular weight is 405 g/mol. The number of nitrogens with one attached hydrogen (secondary N) is 1. The molecule has 2 N–H and O–H groups in total. The van der Waals surface area contributed by atoms with E-state index in [-0.39, 0.29) is 23.5 Å². The number of methoxy groups -OCH3 is 2. The van der Waals surface area contributed by atoms with Crippen molar-refractivity contribution in [1.29, 1.82) is 0 Å². The van der Waals surface area contributed by atoms with Crippen LogP contribution in [-0.2, 0) is 25.4 Å². The number of carbonyl (C=O) groups excluding carboxylic acids is 2. The molecule has 0 spiro atoms. The van der Waals surface area contributed by atoms with E-state index in [2.05, 4.69) is 12.2 Å². The third kappa shape index (κ3) is 4.58. The number of carbonyl (C=O) groups is 2. The maximum atomic E-state index is 12.3. The van der Waals surface area contributed by atoms with Gasteiger partial charge in [0.2, 0.25) is 6.29 Å². The SMILES string of the molecule is COC(=O)C1=COC(OC(=O)NCCc2ccc(O)c(OC)c2)C2C(C)CCC12. The number of fused-ring (bicyclic) bond motifs is 1. The highest BCUT2D eigenvalue weighted by atomic mass is 16.7. The number of esters is 1. The lowest BCUT2D eigenvalue weighted by atomic mass is 9.83. The smallest absolute Gasteiger partial charge is 0.410 e. The number of benzene rings is 1. The second-order valence-corrected chi connectivity index (χ2v) is 7.40. The van der Waals surface area contributed by atoms with Crippen molar-refractivity contribution in [2.75, 3.05) is 20.8 Å². The molecule has 4 atom stereocenters. The molecule has 2 aliphatic rings. The predicted molar refractivity (Wildman–Crippen MR) is 103 cm³/mol. The van der Waals surface area contributed by atoms with E-state index in [1.807, 2.05) is 0 Å². The molecule has 3 rings (SSSR count). The average Bonchev–Trinajstić information content (AvgIpc) is 3.11. The van der Waals surface area contributed by atoms with Gasteiger partial charge >= 0.3 is 12.1 Å².